The van der Waals surface area contributed by atoms with Crippen LogP contribution >= 0.6 is 11.6 Å². The van der Waals surface area contributed by atoms with E-state index in [1.54, 1.807) is 42.6 Å². The Hall–Kier alpha value is -3.78. The summed E-state index contributed by atoms with van der Waals surface area (Å²) in [5.41, 5.74) is 2.16. The third-order valence-electron chi connectivity index (χ3n) is 4.30. The molecule has 0 radical (unpaired) electrons. The number of anilines is 1. The number of nitrogens with one attached hydrogen (secondary N) is 2. The predicted octanol–water partition coefficient (Wildman–Crippen LogP) is 3.38. The van der Waals surface area contributed by atoms with E-state index in [0.717, 1.165) is 16.5 Å². The number of halogens is 1. The Bertz CT molecular complexity index is 1220. The first-order valence-corrected chi connectivity index (χ1v) is 9.46. The lowest BCUT2D eigenvalue weighted by atomic mass is 10.2. The molecule has 0 atom stereocenters. The Labute approximate surface area is 176 Å². The molecule has 4 rings (SSSR count). The maximum Gasteiger partial charge on any atom is 0.315 e. The van der Waals surface area contributed by atoms with Crippen LogP contribution in [0.5, 0.6) is 0 Å². The van der Waals surface area contributed by atoms with Crippen molar-refractivity contribution < 1.29 is 14.1 Å². The van der Waals surface area contributed by atoms with Crippen molar-refractivity contribution in [2.24, 2.45) is 0 Å². The van der Waals surface area contributed by atoms with Crippen LogP contribution in [0, 0.1) is 0 Å². The Morgan fingerprint density at radius 1 is 1.03 bits per heavy atom. The quantitative estimate of drug-likeness (QED) is 0.493. The largest absolute Gasteiger partial charge is 0.344 e. The summed E-state index contributed by atoms with van der Waals surface area (Å²) in [5, 5.41) is 10.5. The molecule has 0 aliphatic carbocycles. The number of pyridine rings is 1. The highest BCUT2D eigenvalue weighted by molar-refractivity contribution is 6.31. The molecule has 0 aliphatic rings. The third-order valence-corrected chi connectivity index (χ3v) is 4.67. The molecule has 2 N–H and O–H groups in total. The van der Waals surface area contributed by atoms with Crippen molar-refractivity contribution in [3.05, 3.63) is 83.1 Å². The van der Waals surface area contributed by atoms with Crippen LogP contribution in [0.25, 0.3) is 10.9 Å². The minimum atomic E-state index is -0.547. The van der Waals surface area contributed by atoms with Gasteiger partial charge in [0.15, 0.2) is 5.82 Å². The Morgan fingerprint density at radius 2 is 1.90 bits per heavy atom. The van der Waals surface area contributed by atoms with Crippen LogP contribution in [-0.2, 0) is 17.8 Å². The zero-order valence-corrected chi connectivity index (χ0v) is 16.4. The number of hydrogen-bond donors (Lipinski definition) is 2. The first kappa shape index (κ1) is 19.5. The second kappa shape index (κ2) is 8.71. The van der Waals surface area contributed by atoms with E-state index in [0.29, 0.717) is 10.7 Å². The van der Waals surface area contributed by atoms with Gasteiger partial charge in [-0.25, -0.2) is 0 Å². The molecule has 2 aromatic carbocycles. The average molecular weight is 422 g/mol. The molecular formula is C21H16ClN5O3. The molecule has 2 aromatic heterocycles. The van der Waals surface area contributed by atoms with E-state index < -0.39 is 5.91 Å². The molecule has 9 heteroatoms. The van der Waals surface area contributed by atoms with E-state index in [1.165, 1.54) is 0 Å². The molecule has 2 heterocycles. The van der Waals surface area contributed by atoms with Crippen LogP contribution in [0.2, 0.25) is 5.02 Å². The van der Waals surface area contributed by atoms with Gasteiger partial charge in [0.2, 0.25) is 5.91 Å². The van der Waals surface area contributed by atoms with Gasteiger partial charge in [0.1, 0.15) is 0 Å². The summed E-state index contributed by atoms with van der Waals surface area (Å²) in [5.74, 6) is -1.00. The van der Waals surface area contributed by atoms with E-state index in [2.05, 4.69) is 25.8 Å². The molecule has 0 bridgehead atoms. The van der Waals surface area contributed by atoms with Crippen LogP contribution < -0.4 is 10.6 Å². The van der Waals surface area contributed by atoms with Gasteiger partial charge in [0, 0.05) is 23.2 Å². The second-order valence-electron chi connectivity index (χ2n) is 6.39. The van der Waals surface area contributed by atoms with Gasteiger partial charge < -0.3 is 15.2 Å². The molecular weight excluding hydrogens is 406 g/mol. The van der Waals surface area contributed by atoms with Gasteiger partial charge in [-0.3, -0.25) is 14.6 Å². The smallest absolute Gasteiger partial charge is 0.315 e. The van der Waals surface area contributed by atoms with Crippen LogP contribution in [0.15, 0.2) is 65.3 Å². The monoisotopic (exact) mass is 421 g/mol. The van der Waals surface area contributed by atoms with Gasteiger partial charge in [0.05, 0.1) is 17.6 Å². The minimum absolute atomic E-state index is 0.105. The van der Waals surface area contributed by atoms with Crippen molar-refractivity contribution in [3.8, 4) is 0 Å². The summed E-state index contributed by atoms with van der Waals surface area (Å²) in [6.07, 6.45) is 1.55. The van der Waals surface area contributed by atoms with Crippen molar-refractivity contribution in [3.63, 3.8) is 0 Å². The molecule has 4 aromatic rings. The van der Waals surface area contributed by atoms with Crippen LogP contribution in [0.1, 0.15) is 22.1 Å². The molecule has 8 nitrogen and oxygen atoms in total. The number of nitrogens with zero attached hydrogens (tertiary/aromatic N) is 3. The van der Waals surface area contributed by atoms with Crippen molar-refractivity contribution in [1.82, 2.24) is 20.4 Å². The van der Waals surface area contributed by atoms with E-state index in [-0.39, 0.29) is 30.6 Å². The topological polar surface area (TPSA) is 110 Å². The van der Waals surface area contributed by atoms with Crippen LogP contribution in [0.3, 0.4) is 0 Å². The van der Waals surface area contributed by atoms with Crippen molar-refractivity contribution in [2.75, 3.05) is 5.32 Å². The summed E-state index contributed by atoms with van der Waals surface area (Å²) in [4.78, 5) is 32.8. The standard InChI is InChI=1S/C21H16ClN5O3/c22-15-7-2-1-5-13(15)12-24-20(29)21-26-18(27-30-21)11-19(28)25-17-9-3-8-16-14(17)6-4-10-23-16/h1-10H,11-12H2,(H,24,29)(H,25,28). The molecule has 0 saturated heterocycles. The first-order valence-electron chi connectivity index (χ1n) is 9.08. The summed E-state index contributed by atoms with van der Waals surface area (Å²) >= 11 is 6.07. The molecule has 30 heavy (non-hydrogen) atoms. The molecule has 0 aliphatic heterocycles. The number of aromatic nitrogens is 3. The fourth-order valence-electron chi connectivity index (χ4n) is 2.86. The number of benzene rings is 2. The number of rotatable bonds is 6. The molecule has 0 unspecified atom stereocenters. The fourth-order valence-corrected chi connectivity index (χ4v) is 3.06. The highest BCUT2D eigenvalue weighted by Crippen LogP contribution is 2.21. The van der Waals surface area contributed by atoms with Crippen LogP contribution in [-0.4, -0.2) is 26.9 Å². The first-order chi connectivity index (χ1) is 14.6. The number of carbonyl (C=O) groups excluding carboxylic acids is 2. The molecule has 0 fully saturated rings. The number of amides is 2. The highest BCUT2D eigenvalue weighted by atomic mass is 35.5. The average Bonchev–Trinajstić information content (AvgIpc) is 3.21. The highest BCUT2D eigenvalue weighted by Gasteiger charge is 2.17. The molecule has 150 valence electrons. The normalized spacial score (nSPS) is 10.7. The summed E-state index contributed by atoms with van der Waals surface area (Å²) in [6.45, 7) is 0.214. The van der Waals surface area contributed by atoms with E-state index >= 15 is 0 Å². The van der Waals surface area contributed by atoms with Crippen molar-refractivity contribution >= 4 is 40.0 Å². The van der Waals surface area contributed by atoms with Gasteiger partial charge in [-0.15, -0.1) is 0 Å². The SMILES string of the molecule is O=C(Cc1noc(C(=O)NCc2ccccc2Cl)n1)Nc1cccc2ncccc12. The number of carbonyl (C=O) groups is 2. The number of hydrogen-bond acceptors (Lipinski definition) is 6. The predicted molar refractivity (Wildman–Crippen MR) is 111 cm³/mol. The molecule has 0 saturated carbocycles. The lowest BCUT2D eigenvalue weighted by molar-refractivity contribution is -0.115. The zero-order valence-electron chi connectivity index (χ0n) is 15.6. The van der Waals surface area contributed by atoms with Gasteiger partial charge in [-0.05, 0) is 35.9 Å². The van der Waals surface area contributed by atoms with Gasteiger partial charge in [-0.1, -0.05) is 41.0 Å². The van der Waals surface area contributed by atoms with Gasteiger partial charge in [0.25, 0.3) is 0 Å². The lowest BCUT2D eigenvalue weighted by Gasteiger charge is -2.07. The number of fused-ring (bicyclic) bond motifs is 1. The Kier molecular flexibility index (Phi) is 5.67. The summed E-state index contributed by atoms with van der Waals surface area (Å²) in [6, 6.07) is 16.3. The molecule has 2 amide bonds. The summed E-state index contributed by atoms with van der Waals surface area (Å²) < 4.78 is 4.97. The lowest BCUT2D eigenvalue weighted by Crippen LogP contribution is -2.23. The van der Waals surface area contributed by atoms with E-state index in [9.17, 15) is 9.59 Å². The zero-order chi connectivity index (χ0) is 20.9. The summed E-state index contributed by atoms with van der Waals surface area (Å²) in [7, 11) is 0. The van der Waals surface area contributed by atoms with Crippen molar-refractivity contribution in [2.45, 2.75) is 13.0 Å². The molecule has 0 spiro atoms. The Balaban J connectivity index is 1.37. The van der Waals surface area contributed by atoms with E-state index in [4.69, 9.17) is 16.1 Å². The Morgan fingerprint density at radius 3 is 2.77 bits per heavy atom. The maximum absolute atomic E-state index is 12.4. The van der Waals surface area contributed by atoms with E-state index in [1.807, 2.05) is 18.2 Å². The maximum atomic E-state index is 12.4. The second-order valence-corrected chi connectivity index (χ2v) is 6.80. The van der Waals surface area contributed by atoms with Crippen LogP contribution in [0.4, 0.5) is 5.69 Å². The fraction of sp³-hybridized carbons (Fsp3) is 0.0952. The van der Waals surface area contributed by atoms with Gasteiger partial charge >= 0.3 is 11.8 Å². The third kappa shape index (κ3) is 4.44. The van der Waals surface area contributed by atoms with Crippen molar-refractivity contribution in [1.29, 1.82) is 0 Å². The minimum Gasteiger partial charge on any atom is -0.344 e. The van der Waals surface area contributed by atoms with Gasteiger partial charge in [-0.2, -0.15) is 4.98 Å².